The number of carbonyl (C=O) groups is 1. The van der Waals surface area contributed by atoms with E-state index >= 15 is 0 Å². The molecule has 2 aromatic carbocycles. The van der Waals surface area contributed by atoms with Gasteiger partial charge in [0.05, 0.1) is 11.4 Å². The van der Waals surface area contributed by atoms with Crippen molar-refractivity contribution in [3.8, 4) is 0 Å². The number of fused-ring (bicyclic) bond motifs is 1. The summed E-state index contributed by atoms with van der Waals surface area (Å²) in [7, 11) is 0. The number of hydrogen-bond acceptors (Lipinski definition) is 4. The summed E-state index contributed by atoms with van der Waals surface area (Å²) in [5.74, 6) is -0.368. The van der Waals surface area contributed by atoms with Gasteiger partial charge in [-0.25, -0.2) is 0 Å². The summed E-state index contributed by atoms with van der Waals surface area (Å²) >= 11 is 1.61. The topological polar surface area (TPSA) is 59.3 Å². The number of thiophene rings is 1. The number of para-hydroxylation sites is 1. The minimum absolute atomic E-state index is 0.0240. The third kappa shape index (κ3) is 3.75. The van der Waals surface area contributed by atoms with Gasteiger partial charge >= 0.3 is 0 Å². The third-order valence-corrected chi connectivity index (χ3v) is 5.80. The lowest BCUT2D eigenvalue weighted by molar-refractivity contribution is 0.0909. The van der Waals surface area contributed by atoms with Crippen molar-refractivity contribution in [3.05, 3.63) is 104 Å². The summed E-state index contributed by atoms with van der Waals surface area (Å²) in [5, 5.41) is 5.54. The van der Waals surface area contributed by atoms with E-state index in [4.69, 9.17) is 4.42 Å². The van der Waals surface area contributed by atoms with Crippen LogP contribution < -0.4 is 10.7 Å². The molecular formula is C23H19NO3S. The Hall–Kier alpha value is -3.18. The van der Waals surface area contributed by atoms with Gasteiger partial charge in [0.1, 0.15) is 5.58 Å². The van der Waals surface area contributed by atoms with E-state index in [1.165, 1.54) is 6.07 Å². The summed E-state index contributed by atoms with van der Waals surface area (Å²) < 4.78 is 5.69. The molecule has 28 heavy (non-hydrogen) atoms. The molecule has 1 N–H and O–H groups in total. The van der Waals surface area contributed by atoms with Gasteiger partial charge in [0.25, 0.3) is 5.91 Å². The number of benzene rings is 2. The number of rotatable bonds is 5. The van der Waals surface area contributed by atoms with Crippen LogP contribution in [-0.4, -0.2) is 5.91 Å². The maximum absolute atomic E-state index is 12.9. The van der Waals surface area contributed by atoms with Crippen molar-refractivity contribution in [1.29, 1.82) is 0 Å². The van der Waals surface area contributed by atoms with E-state index in [9.17, 15) is 9.59 Å². The van der Waals surface area contributed by atoms with Gasteiger partial charge in [-0.2, -0.15) is 0 Å². The lowest BCUT2D eigenvalue weighted by atomic mass is 10.0. The fourth-order valence-electron chi connectivity index (χ4n) is 3.25. The predicted octanol–water partition coefficient (Wildman–Crippen LogP) is 4.88. The van der Waals surface area contributed by atoms with Gasteiger partial charge in [-0.05, 0) is 48.1 Å². The lowest BCUT2D eigenvalue weighted by Gasteiger charge is -2.19. The van der Waals surface area contributed by atoms with E-state index in [0.717, 1.165) is 16.0 Å². The zero-order chi connectivity index (χ0) is 19.5. The Morgan fingerprint density at radius 3 is 2.57 bits per heavy atom. The van der Waals surface area contributed by atoms with Crippen LogP contribution in [0, 0.1) is 6.92 Å². The van der Waals surface area contributed by atoms with Crippen molar-refractivity contribution in [2.75, 3.05) is 0 Å². The average molecular weight is 389 g/mol. The predicted molar refractivity (Wildman–Crippen MR) is 112 cm³/mol. The molecule has 5 heteroatoms. The first kappa shape index (κ1) is 18.2. The van der Waals surface area contributed by atoms with E-state index in [1.807, 2.05) is 48.7 Å². The zero-order valence-corrected chi connectivity index (χ0v) is 16.2. The standard InChI is InChI=1S/C23H19NO3S/c1-15-11-12-28-22(15)18(13-16-7-3-2-4-8-16)24-23(26)21-14-19(25)17-9-5-6-10-20(17)27-21/h2-12,14,18H,13H2,1H3,(H,24,26). The second kappa shape index (κ2) is 7.82. The molecule has 2 aromatic heterocycles. The van der Waals surface area contributed by atoms with E-state index in [0.29, 0.717) is 17.4 Å². The van der Waals surface area contributed by atoms with Crippen LogP contribution in [-0.2, 0) is 6.42 Å². The van der Waals surface area contributed by atoms with Crippen molar-refractivity contribution in [2.24, 2.45) is 0 Å². The number of amides is 1. The highest BCUT2D eigenvalue weighted by molar-refractivity contribution is 7.10. The Labute approximate surface area is 166 Å². The van der Waals surface area contributed by atoms with Gasteiger partial charge in [-0.15, -0.1) is 11.3 Å². The highest BCUT2D eigenvalue weighted by Crippen LogP contribution is 2.27. The molecule has 4 nitrogen and oxygen atoms in total. The van der Waals surface area contributed by atoms with Crippen molar-refractivity contribution >= 4 is 28.2 Å². The van der Waals surface area contributed by atoms with E-state index in [2.05, 4.69) is 5.32 Å². The first-order chi connectivity index (χ1) is 13.6. The number of carbonyl (C=O) groups excluding carboxylic acids is 1. The Bertz CT molecular complexity index is 1180. The van der Waals surface area contributed by atoms with Crippen LogP contribution in [0.3, 0.4) is 0 Å². The SMILES string of the molecule is Cc1ccsc1C(Cc1ccccc1)NC(=O)c1cc(=O)c2ccccc2o1. The molecule has 4 rings (SSSR count). The summed E-state index contributed by atoms with van der Waals surface area (Å²) in [6.07, 6.45) is 0.658. The van der Waals surface area contributed by atoms with Gasteiger partial charge in [0, 0.05) is 10.9 Å². The molecule has 0 saturated heterocycles. The molecule has 1 atom stereocenters. The van der Waals surface area contributed by atoms with Crippen molar-refractivity contribution in [2.45, 2.75) is 19.4 Å². The Kier molecular flexibility index (Phi) is 5.08. The van der Waals surface area contributed by atoms with Crippen molar-refractivity contribution in [3.63, 3.8) is 0 Å². The van der Waals surface area contributed by atoms with Gasteiger partial charge in [-0.3, -0.25) is 9.59 Å². The number of nitrogens with one attached hydrogen (secondary N) is 1. The first-order valence-electron chi connectivity index (χ1n) is 9.03. The van der Waals surface area contributed by atoms with Crippen LogP contribution in [0.2, 0.25) is 0 Å². The van der Waals surface area contributed by atoms with E-state index < -0.39 is 5.91 Å². The van der Waals surface area contributed by atoms with Gasteiger partial charge < -0.3 is 9.73 Å². The maximum atomic E-state index is 12.9. The molecule has 0 aliphatic heterocycles. The quantitative estimate of drug-likeness (QED) is 0.529. The third-order valence-electron chi connectivity index (χ3n) is 4.66. The number of hydrogen-bond donors (Lipinski definition) is 1. The normalized spacial score (nSPS) is 12.0. The Morgan fingerprint density at radius 2 is 1.82 bits per heavy atom. The number of aryl methyl sites for hydroxylation is 1. The van der Waals surface area contributed by atoms with Crippen molar-refractivity contribution < 1.29 is 9.21 Å². The molecule has 140 valence electrons. The molecule has 0 radical (unpaired) electrons. The highest BCUT2D eigenvalue weighted by Gasteiger charge is 2.21. The van der Waals surface area contributed by atoms with Crippen molar-refractivity contribution in [1.82, 2.24) is 5.32 Å². The van der Waals surface area contributed by atoms with Gasteiger partial charge in [-0.1, -0.05) is 42.5 Å². The molecule has 0 spiro atoms. The Balaban J connectivity index is 1.66. The Morgan fingerprint density at radius 1 is 1.07 bits per heavy atom. The molecule has 0 bridgehead atoms. The molecule has 4 aromatic rings. The summed E-state index contributed by atoms with van der Waals surface area (Å²) in [4.78, 5) is 26.3. The first-order valence-corrected chi connectivity index (χ1v) is 9.91. The molecule has 0 saturated carbocycles. The molecule has 2 heterocycles. The molecule has 1 amide bonds. The van der Waals surface area contributed by atoms with E-state index in [-0.39, 0.29) is 17.2 Å². The smallest absolute Gasteiger partial charge is 0.287 e. The monoisotopic (exact) mass is 389 g/mol. The summed E-state index contributed by atoms with van der Waals surface area (Å²) in [6.45, 7) is 2.03. The van der Waals surface area contributed by atoms with Gasteiger partial charge in [0.2, 0.25) is 0 Å². The molecule has 1 unspecified atom stereocenters. The van der Waals surface area contributed by atoms with Crippen LogP contribution in [0.15, 0.2) is 81.3 Å². The highest BCUT2D eigenvalue weighted by atomic mass is 32.1. The summed E-state index contributed by atoms with van der Waals surface area (Å²) in [5.41, 5.74) is 2.44. The molecular weight excluding hydrogens is 370 g/mol. The molecule has 0 fully saturated rings. The van der Waals surface area contributed by atoms with Crippen LogP contribution >= 0.6 is 11.3 Å². The maximum Gasteiger partial charge on any atom is 0.287 e. The average Bonchev–Trinajstić information content (AvgIpc) is 3.14. The zero-order valence-electron chi connectivity index (χ0n) is 15.3. The van der Waals surface area contributed by atoms with Crippen LogP contribution in [0.25, 0.3) is 11.0 Å². The minimum atomic E-state index is -0.392. The largest absolute Gasteiger partial charge is 0.451 e. The van der Waals surface area contributed by atoms with Crippen LogP contribution in [0.5, 0.6) is 0 Å². The minimum Gasteiger partial charge on any atom is -0.451 e. The fraction of sp³-hybridized carbons (Fsp3) is 0.130. The van der Waals surface area contributed by atoms with Gasteiger partial charge in [0.15, 0.2) is 11.2 Å². The fourth-order valence-corrected chi connectivity index (χ4v) is 4.22. The second-order valence-corrected chi connectivity index (χ2v) is 7.60. The van der Waals surface area contributed by atoms with Crippen LogP contribution in [0.1, 0.15) is 32.6 Å². The second-order valence-electron chi connectivity index (χ2n) is 6.65. The summed E-state index contributed by atoms with van der Waals surface area (Å²) in [6, 6.07) is 20.1. The van der Waals surface area contributed by atoms with Crippen LogP contribution in [0.4, 0.5) is 0 Å². The molecule has 0 aliphatic rings. The van der Waals surface area contributed by atoms with E-state index in [1.54, 1.807) is 35.6 Å². The molecule has 0 aliphatic carbocycles. The lowest BCUT2D eigenvalue weighted by Crippen LogP contribution is -2.30.